The molecule has 180 valence electrons. The number of imidazole rings is 1. The van der Waals surface area contributed by atoms with Crippen LogP contribution in [0.1, 0.15) is 29.3 Å². The summed E-state index contributed by atoms with van der Waals surface area (Å²) >= 11 is 6.24. The number of methoxy groups -OCH3 is 1. The van der Waals surface area contributed by atoms with Gasteiger partial charge in [0.2, 0.25) is 5.91 Å². The molecule has 1 amide bonds. The molecule has 5 rings (SSSR count). The average Bonchev–Trinajstić information content (AvgIpc) is 3.39. The van der Waals surface area contributed by atoms with Crippen molar-refractivity contribution in [3.05, 3.63) is 82.6 Å². The number of hydrogen-bond donors (Lipinski definition) is 0. The molecular formula is C28H28ClN3O3. The normalized spacial score (nSPS) is 15.7. The topological polar surface area (TPSA) is 56.6 Å². The van der Waals surface area contributed by atoms with Crippen molar-refractivity contribution in [3.8, 4) is 11.5 Å². The molecule has 1 aromatic heterocycles. The largest absolute Gasteiger partial charge is 0.495 e. The van der Waals surface area contributed by atoms with E-state index < -0.39 is 0 Å². The standard InChI is InChI=1S/C28H28ClN3O3/c1-18-12-19(2)14-22(13-18)35-11-10-31-24-7-5-4-6-23(24)30-28(31)20-15-27(33)32(17-20)25-16-21(29)8-9-26(25)34-3/h4-9,12-14,16,20H,10-11,15,17H2,1-3H3/t20-/m0/s1. The molecule has 0 unspecified atom stereocenters. The molecule has 6 nitrogen and oxygen atoms in total. The lowest BCUT2D eigenvalue weighted by molar-refractivity contribution is -0.117. The lowest BCUT2D eigenvalue weighted by Gasteiger charge is -2.20. The van der Waals surface area contributed by atoms with Crippen LogP contribution in [0.5, 0.6) is 11.5 Å². The van der Waals surface area contributed by atoms with Crippen LogP contribution in [-0.2, 0) is 11.3 Å². The second kappa shape index (κ2) is 9.62. The van der Waals surface area contributed by atoms with Gasteiger partial charge in [-0.3, -0.25) is 4.79 Å². The number of carbonyl (C=O) groups is 1. The van der Waals surface area contributed by atoms with Crippen molar-refractivity contribution in [2.24, 2.45) is 0 Å². The van der Waals surface area contributed by atoms with Crippen LogP contribution in [0.3, 0.4) is 0 Å². The number of nitrogens with zero attached hydrogens (tertiary/aromatic N) is 3. The fourth-order valence-electron chi connectivity index (χ4n) is 4.90. The smallest absolute Gasteiger partial charge is 0.227 e. The Bertz CT molecular complexity index is 1380. The molecule has 7 heteroatoms. The summed E-state index contributed by atoms with van der Waals surface area (Å²) in [6, 6.07) is 19.6. The second-order valence-electron chi connectivity index (χ2n) is 9.00. The number of benzene rings is 3. The van der Waals surface area contributed by atoms with Gasteiger partial charge in [0.15, 0.2) is 0 Å². The Hall–Kier alpha value is -3.51. The van der Waals surface area contributed by atoms with Gasteiger partial charge in [0.1, 0.15) is 23.9 Å². The van der Waals surface area contributed by atoms with E-state index in [0.717, 1.165) is 22.6 Å². The maximum absolute atomic E-state index is 13.1. The molecule has 1 aliphatic heterocycles. The van der Waals surface area contributed by atoms with Gasteiger partial charge in [-0.05, 0) is 67.4 Å². The molecular weight excluding hydrogens is 462 g/mol. The summed E-state index contributed by atoms with van der Waals surface area (Å²) < 4.78 is 13.8. The number of fused-ring (bicyclic) bond motifs is 1. The summed E-state index contributed by atoms with van der Waals surface area (Å²) in [5.41, 5.74) is 5.00. The van der Waals surface area contributed by atoms with Crippen molar-refractivity contribution in [3.63, 3.8) is 0 Å². The van der Waals surface area contributed by atoms with Crippen LogP contribution in [-0.4, -0.2) is 35.7 Å². The van der Waals surface area contributed by atoms with E-state index in [4.69, 9.17) is 26.1 Å². The van der Waals surface area contributed by atoms with Gasteiger partial charge in [-0.1, -0.05) is 29.8 Å². The minimum absolute atomic E-state index is 0.0284. The molecule has 1 fully saturated rings. The van der Waals surface area contributed by atoms with Gasteiger partial charge in [0.25, 0.3) is 0 Å². The Kier molecular flexibility index (Phi) is 6.39. The fraction of sp³-hybridized carbons (Fsp3) is 0.286. The van der Waals surface area contributed by atoms with Crippen molar-refractivity contribution in [1.29, 1.82) is 0 Å². The third-order valence-corrected chi connectivity index (χ3v) is 6.62. The Labute approximate surface area is 210 Å². The molecule has 0 N–H and O–H groups in total. The van der Waals surface area contributed by atoms with Gasteiger partial charge in [0, 0.05) is 23.9 Å². The maximum Gasteiger partial charge on any atom is 0.227 e. The van der Waals surface area contributed by atoms with E-state index in [9.17, 15) is 4.79 Å². The Balaban J connectivity index is 1.42. The predicted molar refractivity (Wildman–Crippen MR) is 139 cm³/mol. The molecule has 0 saturated carbocycles. The highest BCUT2D eigenvalue weighted by atomic mass is 35.5. The molecule has 1 saturated heterocycles. The van der Waals surface area contributed by atoms with Crippen LogP contribution >= 0.6 is 11.6 Å². The molecule has 0 bridgehead atoms. The van der Waals surface area contributed by atoms with Gasteiger partial charge in [0.05, 0.1) is 30.4 Å². The van der Waals surface area contributed by atoms with E-state index in [0.29, 0.717) is 42.6 Å². The van der Waals surface area contributed by atoms with Crippen LogP contribution < -0.4 is 14.4 Å². The zero-order valence-electron chi connectivity index (χ0n) is 20.1. The van der Waals surface area contributed by atoms with E-state index in [1.54, 1.807) is 30.2 Å². The molecule has 1 atom stereocenters. The molecule has 3 aromatic carbocycles. The van der Waals surface area contributed by atoms with Crippen molar-refractivity contribution >= 4 is 34.2 Å². The Morgan fingerprint density at radius 2 is 1.83 bits per heavy atom. The molecule has 0 aliphatic carbocycles. The van der Waals surface area contributed by atoms with Crippen molar-refractivity contribution in [2.45, 2.75) is 32.7 Å². The fourth-order valence-corrected chi connectivity index (χ4v) is 5.07. The van der Waals surface area contributed by atoms with Crippen molar-refractivity contribution in [1.82, 2.24) is 9.55 Å². The summed E-state index contributed by atoms with van der Waals surface area (Å²) in [4.78, 5) is 19.8. The van der Waals surface area contributed by atoms with Gasteiger partial charge in [-0.2, -0.15) is 0 Å². The number of halogens is 1. The third kappa shape index (κ3) is 4.71. The zero-order valence-corrected chi connectivity index (χ0v) is 20.9. The van der Waals surface area contributed by atoms with Gasteiger partial charge in [-0.25, -0.2) is 4.98 Å². The number of ether oxygens (including phenoxy) is 2. The summed E-state index contributed by atoms with van der Waals surface area (Å²) in [6.07, 6.45) is 0.372. The summed E-state index contributed by atoms with van der Waals surface area (Å²) in [7, 11) is 1.60. The number of aryl methyl sites for hydroxylation is 2. The van der Waals surface area contributed by atoms with E-state index in [1.807, 2.05) is 30.3 Å². The molecule has 2 heterocycles. The summed E-state index contributed by atoms with van der Waals surface area (Å²) in [5, 5.41) is 0.563. The number of amides is 1. The Morgan fingerprint density at radius 1 is 1.06 bits per heavy atom. The van der Waals surface area contributed by atoms with Crippen LogP contribution in [0.2, 0.25) is 5.02 Å². The zero-order chi connectivity index (χ0) is 24.5. The van der Waals surface area contributed by atoms with Crippen LogP contribution in [0.25, 0.3) is 11.0 Å². The molecule has 35 heavy (non-hydrogen) atoms. The van der Waals surface area contributed by atoms with E-state index in [-0.39, 0.29) is 11.8 Å². The summed E-state index contributed by atoms with van der Waals surface area (Å²) in [5.74, 6) is 2.36. The maximum atomic E-state index is 13.1. The van der Waals surface area contributed by atoms with E-state index in [2.05, 4.69) is 30.5 Å². The number of carbonyl (C=O) groups excluding carboxylic acids is 1. The molecule has 0 radical (unpaired) electrons. The van der Waals surface area contributed by atoms with Crippen LogP contribution in [0.4, 0.5) is 5.69 Å². The molecule has 1 aliphatic rings. The number of anilines is 1. The number of hydrogen-bond acceptors (Lipinski definition) is 4. The lowest BCUT2D eigenvalue weighted by Crippen LogP contribution is -2.25. The van der Waals surface area contributed by atoms with E-state index >= 15 is 0 Å². The van der Waals surface area contributed by atoms with Crippen LogP contribution in [0.15, 0.2) is 60.7 Å². The van der Waals surface area contributed by atoms with Crippen molar-refractivity contribution in [2.75, 3.05) is 25.2 Å². The first-order chi connectivity index (χ1) is 16.9. The van der Waals surface area contributed by atoms with Gasteiger partial charge in [-0.15, -0.1) is 0 Å². The quantitative estimate of drug-likeness (QED) is 0.323. The first-order valence-corrected chi connectivity index (χ1v) is 12.1. The first-order valence-electron chi connectivity index (χ1n) is 11.7. The lowest BCUT2D eigenvalue weighted by atomic mass is 10.1. The highest BCUT2D eigenvalue weighted by Crippen LogP contribution is 2.38. The van der Waals surface area contributed by atoms with E-state index in [1.165, 1.54) is 11.1 Å². The minimum Gasteiger partial charge on any atom is -0.495 e. The average molecular weight is 490 g/mol. The highest BCUT2D eigenvalue weighted by Gasteiger charge is 2.36. The Morgan fingerprint density at radius 3 is 2.60 bits per heavy atom. The van der Waals surface area contributed by atoms with Gasteiger partial charge >= 0.3 is 0 Å². The predicted octanol–water partition coefficient (Wildman–Crippen LogP) is 5.91. The molecule has 0 spiro atoms. The monoisotopic (exact) mass is 489 g/mol. The first kappa shape index (κ1) is 23.2. The van der Waals surface area contributed by atoms with Crippen molar-refractivity contribution < 1.29 is 14.3 Å². The van der Waals surface area contributed by atoms with Crippen LogP contribution in [0, 0.1) is 13.8 Å². The second-order valence-corrected chi connectivity index (χ2v) is 9.44. The number of rotatable bonds is 7. The number of aromatic nitrogens is 2. The SMILES string of the molecule is COc1ccc(Cl)cc1N1C[C@@H](c2nc3ccccc3n2CCOc2cc(C)cc(C)c2)CC1=O. The number of para-hydroxylation sites is 2. The molecule has 4 aromatic rings. The highest BCUT2D eigenvalue weighted by molar-refractivity contribution is 6.31. The summed E-state index contributed by atoms with van der Waals surface area (Å²) in [6.45, 7) is 5.78. The van der Waals surface area contributed by atoms with Gasteiger partial charge < -0.3 is 18.9 Å². The third-order valence-electron chi connectivity index (χ3n) is 6.38. The minimum atomic E-state index is -0.0557.